The highest BCUT2D eigenvalue weighted by atomic mass is 79.9. The molecule has 2 aromatic rings. The second-order valence-corrected chi connectivity index (χ2v) is 6.88. The van der Waals surface area contributed by atoms with E-state index < -0.39 is 0 Å². The first-order chi connectivity index (χ1) is 11.6. The molecule has 3 rings (SSSR count). The lowest BCUT2D eigenvalue weighted by Crippen LogP contribution is -2.46. The Labute approximate surface area is 149 Å². The summed E-state index contributed by atoms with van der Waals surface area (Å²) in [7, 11) is 0. The molecule has 1 aliphatic heterocycles. The number of hydrogen-bond donors (Lipinski definition) is 2. The first-order valence-corrected chi connectivity index (χ1v) is 8.84. The van der Waals surface area contributed by atoms with Gasteiger partial charge in [-0.15, -0.1) is 0 Å². The summed E-state index contributed by atoms with van der Waals surface area (Å²) in [6.07, 6.45) is 3.48. The molecule has 1 saturated heterocycles. The zero-order chi connectivity index (χ0) is 16.9. The number of hydrogen-bond acceptors (Lipinski definition) is 4. The van der Waals surface area contributed by atoms with E-state index >= 15 is 0 Å². The number of ether oxygens (including phenoxy) is 1. The summed E-state index contributed by atoms with van der Waals surface area (Å²) in [6, 6.07) is 11.5. The van der Waals surface area contributed by atoms with E-state index in [1.54, 1.807) is 18.3 Å². The van der Waals surface area contributed by atoms with E-state index in [4.69, 9.17) is 4.74 Å². The number of rotatable bonds is 4. The molecule has 0 bridgehead atoms. The zero-order valence-corrected chi connectivity index (χ0v) is 15.0. The molecular weight excluding hydrogens is 370 g/mol. The zero-order valence-electron chi connectivity index (χ0n) is 13.5. The van der Waals surface area contributed by atoms with Crippen LogP contribution < -0.4 is 15.4 Å². The highest BCUT2D eigenvalue weighted by Gasteiger charge is 2.22. The minimum absolute atomic E-state index is 0.144. The third-order valence-corrected chi connectivity index (χ3v) is 4.53. The fourth-order valence-electron chi connectivity index (χ4n) is 2.79. The molecule has 5 nitrogen and oxygen atoms in total. The van der Waals surface area contributed by atoms with Gasteiger partial charge in [0.2, 0.25) is 5.88 Å². The first-order valence-electron chi connectivity index (χ1n) is 8.04. The van der Waals surface area contributed by atoms with Gasteiger partial charge >= 0.3 is 0 Å². The minimum atomic E-state index is -0.144. The van der Waals surface area contributed by atoms with Crippen LogP contribution in [0, 0.1) is 0 Å². The van der Waals surface area contributed by atoms with Crippen molar-refractivity contribution in [1.82, 2.24) is 15.6 Å². The molecule has 2 unspecified atom stereocenters. The van der Waals surface area contributed by atoms with Crippen LogP contribution in [0.3, 0.4) is 0 Å². The van der Waals surface area contributed by atoms with Crippen molar-refractivity contribution in [1.29, 1.82) is 0 Å². The molecule has 0 radical (unpaired) electrons. The third-order valence-electron chi connectivity index (χ3n) is 4.00. The van der Waals surface area contributed by atoms with Crippen molar-refractivity contribution in [2.45, 2.75) is 31.8 Å². The maximum atomic E-state index is 12.6. The summed E-state index contributed by atoms with van der Waals surface area (Å²) in [5, 5.41) is 6.48. The maximum Gasteiger partial charge on any atom is 0.257 e. The van der Waals surface area contributed by atoms with Crippen molar-refractivity contribution in [3.63, 3.8) is 0 Å². The molecule has 2 heterocycles. The number of aromatic nitrogens is 1. The summed E-state index contributed by atoms with van der Waals surface area (Å²) in [5.74, 6) is 0.815. The largest absolute Gasteiger partial charge is 0.438 e. The summed E-state index contributed by atoms with van der Waals surface area (Å²) in [5.41, 5.74) is 0.451. The van der Waals surface area contributed by atoms with Crippen LogP contribution in [0.4, 0.5) is 0 Å². The molecular formula is C18H20BrN3O2. The number of carbonyl (C=O) groups excluding carboxylic acids is 1. The van der Waals surface area contributed by atoms with Gasteiger partial charge in [-0.25, -0.2) is 4.98 Å². The average Bonchev–Trinajstić information content (AvgIpc) is 2.57. The van der Waals surface area contributed by atoms with Crippen molar-refractivity contribution < 1.29 is 9.53 Å². The van der Waals surface area contributed by atoms with E-state index in [1.165, 1.54) is 0 Å². The molecule has 2 N–H and O–H groups in total. The summed E-state index contributed by atoms with van der Waals surface area (Å²) in [6.45, 7) is 3.05. The lowest BCUT2D eigenvalue weighted by atomic mass is 10.0. The van der Waals surface area contributed by atoms with Crippen LogP contribution in [0.1, 0.15) is 30.1 Å². The van der Waals surface area contributed by atoms with Crippen LogP contribution in [0.2, 0.25) is 0 Å². The summed E-state index contributed by atoms with van der Waals surface area (Å²) < 4.78 is 6.76. The molecule has 0 spiro atoms. The molecule has 2 atom stereocenters. The molecule has 1 amide bonds. The number of carbonyl (C=O) groups is 1. The van der Waals surface area contributed by atoms with Crippen molar-refractivity contribution in [3.05, 3.63) is 52.6 Å². The normalized spacial score (nSPS) is 20.4. The highest BCUT2D eigenvalue weighted by molar-refractivity contribution is 9.10. The van der Waals surface area contributed by atoms with E-state index in [0.717, 1.165) is 23.9 Å². The lowest BCUT2D eigenvalue weighted by Gasteiger charge is -2.28. The predicted octanol–water partition coefficient (Wildman–Crippen LogP) is 3.51. The number of piperidine rings is 1. The molecule has 1 aromatic carbocycles. The van der Waals surface area contributed by atoms with Gasteiger partial charge in [0.25, 0.3) is 5.91 Å². The quantitative estimate of drug-likeness (QED) is 0.839. The fourth-order valence-corrected chi connectivity index (χ4v) is 3.05. The molecule has 126 valence electrons. The Bertz CT molecular complexity index is 706. The minimum Gasteiger partial charge on any atom is -0.438 e. The maximum absolute atomic E-state index is 12.6. The van der Waals surface area contributed by atoms with E-state index in [-0.39, 0.29) is 11.9 Å². The third kappa shape index (κ3) is 4.33. The standard InChI is InChI=1S/C18H20BrN3O2/c1-12-11-14(8-10-20-12)22-17(23)16-3-2-9-21-18(16)24-15-6-4-13(19)5-7-15/h2-7,9,12,14,20H,8,10-11H2,1H3,(H,22,23). The summed E-state index contributed by atoms with van der Waals surface area (Å²) in [4.78, 5) is 16.8. The number of pyridine rings is 1. The SMILES string of the molecule is CC1CC(NC(=O)c2cccnc2Oc2ccc(Br)cc2)CCN1. The van der Waals surface area contributed by atoms with Crippen molar-refractivity contribution in [2.24, 2.45) is 0 Å². The number of nitrogens with one attached hydrogen (secondary N) is 2. The van der Waals surface area contributed by atoms with Gasteiger partial charge in [0, 0.05) is 22.8 Å². The second kappa shape index (κ2) is 7.77. The van der Waals surface area contributed by atoms with E-state index in [2.05, 4.69) is 38.5 Å². The lowest BCUT2D eigenvalue weighted by molar-refractivity contribution is 0.0922. The molecule has 24 heavy (non-hydrogen) atoms. The van der Waals surface area contributed by atoms with Gasteiger partial charge in [-0.05, 0) is 62.7 Å². The van der Waals surface area contributed by atoms with E-state index in [9.17, 15) is 4.79 Å². The topological polar surface area (TPSA) is 63.2 Å². The van der Waals surface area contributed by atoms with Crippen molar-refractivity contribution >= 4 is 21.8 Å². The molecule has 6 heteroatoms. The number of benzene rings is 1. The highest BCUT2D eigenvalue weighted by Crippen LogP contribution is 2.24. The monoisotopic (exact) mass is 389 g/mol. The van der Waals surface area contributed by atoms with Crippen LogP contribution in [0.25, 0.3) is 0 Å². The molecule has 1 aromatic heterocycles. The van der Waals surface area contributed by atoms with Crippen LogP contribution in [-0.2, 0) is 0 Å². The molecule has 0 saturated carbocycles. The van der Waals surface area contributed by atoms with E-state index in [0.29, 0.717) is 23.2 Å². The van der Waals surface area contributed by atoms with Crippen LogP contribution in [-0.4, -0.2) is 29.5 Å². The van der Waals surface area contributed by atoms with Crippen molar-refractivity contribution in [3.8, 4) is 11.6 Å². The van der Waals surface area contributed by atoms with Gasteiger partial charge in [-0.2, -0.15) is 0 Å². The molecule has 0 aliphatic carbocycles. The Kier molecular flexibility index (Phi) is 5.48. The fraction of sp³-hybridized carbons (Fsp3) is 0.333. The molecule has 1 fully saturated rings. The van der Waals surface area contributed by atoms with Crippen LogP contribution in [0.15, 0.2) is 47.1 Å². The Morgan fingerprint density at radius 1 is 1.33 bits per heavy atom. The number of nitrogens with zero attached hydrogens (tertiary/aromatic N) is 1. The van der Waals surface area contributed by atoms with Gasteiger partial charge in [0.15, 0.2) is 0 Å². The summed E-state index contributed by atoms with van der Waals surface area (Å²) >= 11 is 3.39. The van der Waals surface area contributed by atoms with Gasteiger partial charge in [0.05, 0.1) is 0 Å². The molecule has 1 aliphatic rings. The Morgan fingerprint density at radius 2 is 2.12 bits per heavy atom. The first kappa shape index (κ1) is 16.9. The second-order valence-electron chi connectivity index (χ2n) is 5.96. The van der Waals surface area contributed by atoms with Gasteiger partial charge in [0.1, 0.15) is 11.3 Å². The average molecular weight is 390 g/mol. The van der Waals surface area contributed by atoms with Crippen molar-refractivity contribution in [2.75, 3.05) is 6.54 Å². The van der Waals surface area contributed by atoms with Gasteiger partial charge < -0.3 is 15.4 Å². The number of halogens is 1. The van der Waals surface area contributed by atoms with Gasteiger partial charge in [-0.1, -0.05) is 15.9 Å². The number of amides is 1. The Morgan fingerprint density at radius 3 is 2.88 bits per heavy atom. The Hall–Kier alpha value is -1.92. The smallest absolute Gasteiger partial charge is 0.257 e. The van der Waals surface area contributed by atoms with Gasteiger partial charge in [-0.3, -0.25) is 4.79 Å². The van der Waals surface area contributed by atoms with E-state index in [1.807, 2.05) is 24.3 Å². The Balaban J connectivity index is 1.73. The predicted molar refractivity (Wildman–Crippen MR) is 96.4 cm³/mol. The van der Waals surface area contributed by atoms with Crippen LogP contribution in [0.5, 0.6) is 11.6 Å². The van der Waals surface area contributed by atoms with Crippen LogP contribution >= 0.6 is 15.9 Å².